The third-order valence-electron chi connectivity index (χ3n) is 7.31. The number of amides is 2. The fraction of sp³-hybridized carbons (Fsp3) is 0.300. The van der Waals surface area contributed by atoms with E-state index in [1.165, 1.54) is 17.4 Å². The number of halogens is 1. The molecule has 37 heavy (non-hydrogen) atoms. The summed E-state index contributed by atoms with van der Waals surface area (Å²) in [6, 6.07) is 20.0. The molecule has 5 nitrogen and oxygen atoms in total. The van der Waals surface area contributed by atoms with Crippen molar-refractivity contribution < 1.29 is 14.0 Å². The second kappa shape index (κ2) is 10.1. The Kier molecular flexibility index (Phi) is 6.47. The van der Waals surface area contributed by atoms with Crippen LogP contribution < -0.4 is 5.32 Å². The number of hydrogen-bond donors (Lipinski definition) is 1. The van der Waals surface area contributed by atoms with Gasteiger partial charge >= 0.3 is 0 Å². The van der Waals surface area contributed by atoms with Crippen molar-refractivity contribution in [2.24, 2.45) is 0 Å². The number of hydrogen-bond acceptors (Lipinski definition) is 4. The van der Waals surface area contributed by atoms with Crippen LogP contribution in [0.5, 0.6) is 0 Å². The third kappa shape index (κ3) is 4.76. The number of benzene rings is 3. The minimum absolute atomic E-state index is 0.139. The first-order valence-electron chi connectivity index (χ1n) is 12.9. The molecule has 0 spiro atoms. The highest BCUT2D eigenvalue weighted by Crippen LogP contribution is 2.45. The maximum atomic E-state index is 14.8. The van der Waals surface area contributed by atoms with Crippen LogP contribution >= 0.6 is 11.3 Å². The van der Waals surface area contributed by atoms with Gasteiger partial charge < -0.3 is 10.2 Å². The predicted molar refractivity (Wildman–Crippen MR) is 144 cm³/mol. The number of piperidine rings is 1. The summed E-state index contributed by atoms with van der Waals surface area (Å²) in [7, 11) is 0. The summed E-state index contributed by atoms with van der Waals surface area (Å²) in [6.07, 6.45) is 4.81. The highest BCUT2D eigenvalue weighted by molar-refractivity contribution is 7.15. The fourth-order valence-corrected chi connectivity index (χ4v) is 6.41. The molecule has 0 bridgehead atoms. The number of nitrogens with one attached hydrogen (secondary N) is 1. The van der Waals surface area contributed by atoms with Crippen molar-refractivity contribution in [2.45, 2.75) is 44.1 Å². The maximum absolute atomic E-state index is 14.8. The number of rotatable bonds is 6. The third-order valence-corrected chi connectivity index (χ3v) is 8.56. The van der Waals surface area contributed by atoms with Crippen molar-refractivity contribution in [3.8, 4) is 10.4 Å². The Labute approximate surface area is 219 Å². The molecule has 1 aromatic heterocycles. The van der Waals surface area contributed by atoms with Gasteiger partial charge in [0.2, 0.25) is 0 Å². The lowest BCUT2D eigenvalue weighted by Gasteiger charge is -2.35. The van der Waals surface area contributed by atoms with Gasteiger partial charge in [0, 0.05) is 36.2 Å². The summed E-state index contributed by atoms with van der Waals surface area (Å²) >= 11 is 1.44. The Balaban J connectivity index is 1.25. The van der Waals surface area contributed by atoms with Crippen molar-refractivity contribution in [3.63, 3.8) is 0 Å². The molecule has 1 N–H and O–H groups in total. The van der Waals surface area contributed by atoms with E-state index in [0.29, 0.717) is 40.7 Å². The summed E-state index contributed by atoms with van der Waals surface area (Å²) in [5.41, 5.74) is 1.39. The number of fused-ring (bicyclic) bond motifs is 1. The molecule has 1 aliphatic heterocycles. The SMILES string of the molecule is O=C(NC[C@@H]1CCCCN1C(=O)c1nc(C2CC2)sc1-c1ccccc1F)c1cccc2ccccc12. The van der Waals surface area contributed by atoms with Crippen LogP contribution in [0.3, 0.4) is 0 Å². The molecule has 6 rings (SSSR count). The van der Waals surface area contributed by atoms with E-state index in [1.54, 1.807) is 18.2 Å². The van der Waals surface area contributed by atoms with Crippen LogP contribution in [0.2, 0.25) is 0 Å². The number of carbonyl (C=O) groups is 2. The van der Waals surface area contributed by atoms with Gasteiger partial charge in [0.1, 0.15) is 11.5 Å². The molecule has 1 aliphatic carbocycles. The van der Waals surface area contributed by atoms with E-state index in [4.69, 9.17) is 4.98 Å². The molecule has 1 saturated carbocycles. The van der Waals surface area contributed by atoms with Crippen LogP contribution in [0.15, 0.2) is 66.7 Å². The molecular formula is C30H28FN3O2S. The average Bonchev–Trinajstić information content (AvgIpc) is 3.70. The number of carbonyl (C=O) groups excluding carboxylic acids is 2. The van der Waals surface area contributed by atoms with Gasteiger partial charge in [-0.15, -0.1) is 11.3 Å². The molecular weight excluding hydrogens is 485 g/mol. The quantitative estimate of drug-likeness (QED) is 0.324. The van der Waals surface area contributed by atoms with Crippen LogP contribution in [0, 0.1) is 5.82 Å². The lowest BCUT2D eigenvalue weighted by atomic mass is 10.00. The highest BCUT2D eigenvalue weighted by Gasteiger charge is 2.35. The summed E-state index contributed by atoms with van der Waals surface area (Å²) in [4.78, 5) is 34.2. The molecule has 2 aliphatic rings. The van der Waals surface area contributed by atoms with Crippen molar-refractivity contribution >= 4 is 33.9 Å². The standard InChI is InChI=1S/C30H28FN3O2S/c31-25-14-4-3-12-24(25)27-26(33-29(37-27)20-15-16-20)30(36)34-17-6-5-10-21(34)18-32-28(35)23-13-7-9-19-8-1-2-11-22(19)23/h1-4,7-9,11-14,20-21H,5-6,10,15-18H2,(H,32,35)/t21-/m0/s1. The van der Waals surface area contributed by atoms with Gasteiger partial charge in [0.05, 0.1) is 9.88 Å². The zero-order chi connectivity index (χ0) is 25.4. The van der Waals surface area contributed by atoms with E-state index >= 15 is 0 Å². The average molecular weight is 514 g/mol. The second-order valence-corrected chi connectivity index (χ2v) is 10.9. The molecule has 2 amide bonds. The predicted octanol–water partition coefficient (Wildman–Crippen LogP) is 6.40. The number of nitrogens with zero attached hydrogens (tertiary/aromatic N) is 2. The molecule has 188 valence electrons. The zero-order valence-corrected chi connectivity index (χ0v) is 21.3. The zero-order valence-electron chi connectivity index (χ0n) is 20.5. The lowest BCUT2D eigenvalue weighted by Crippen LogP contribution is -2.49. The summed E-state index contributed by atoms with van der Waals surface area (Å²) < 4.78 is 14.8. The van der Waals surface area contributed by atoms with Crippen LogP contribution in [0.25, 0.3) is 21.2 Å². The van der Waals surface area contributed by atoms with E-state index < -0.39 is 0 Å². The molecule has 1 saturated heterocycles. The molecule has 1 atom stereocenters. The molecule has 2 heterocycles. The number of aromatic nitrogens is 1. The number of thiazole rings is 1. The van der Waals surface area contributed by atoms with Gasteiger partial charge in [-0.05, 0) is 55.0 Å². The summed E-state index contributed by atoms with van der Waals surface area (Å²) in [5, 5.41) is 5.91. The van der Waals surface area contributed by atoms with Gasteiger partial charge in [-0.3, -0.25) is 9.59 Å². The lowest BCUT2D eigenvalue weighted by molar-refractivity contribution is 0.0598. The van der Waals surface area contributed by atoms with Crippen molar-refractivity contribution in [1.82, 2.24) is 15.2 Å². The molecule has 3 aromatic carbocycles. The Morgan fingerprint density at radius 1 is 0.973 bits per heavy atom. The van der Waals surface area contributed by atoms with Crippen molar-refractivity contribution in [2.75, 3.05) is 13.1 Å². The Hall–Kier alpha value is -3.58. The second-order valence-electron chi connectivity index (χ2n) is 9.87. The largest absolute Gasteiger partial charge is 0.350 e. The summed E-state index contributed by atoms with van der Waals surface area (Å²) in [6.45, 7) is 0.961. The first-order valence-corrected chi connectivity index (χ1v) is 13.7. The van der Waals surface area contributed by atoms with E-state index in [0.717, 1.165) is 47.9 Å². The van der Waals surface area contributed by atoms with Crippen LogP contribution in [-0.4, -0.2) is 40.8 Å². The van der Waals surface area contributed by atoms with Gasteiger partial charge in [0.15, 0.2) is 0 Å². The van der Waals surface area contributed by atoms with Crippen LogP contribution in [-0.2, 0) is 0 Å². The Morgan fingerprint density at radius 2 is 1.76 bits per heavy atom. The Bertz CT molecular complexity index is 1470. The minimum Gasteiger partial charge on any atom is -0.350 e. The fourth-order valence-electron chi connectivity index (χ4n) is 5.16. The van der Waals surface area contributed by atoms with Crippen molar-refractivity contribution in [3.05, 3.63) is 88.8 Å². The smallest absolute Gasteiger partial charge is 0.274 e. The molecule has 0 radical (unpaired) electrons. The van der Waals surface area contributed by atoms with E-state index in [2.05, 4.69) is 5.32 Å². The van der Waals surface area contributed by atoms with E-state index in [-0.39, 0.29) is 23.7 Å². The van der Waals surface area contributed by atoms with E-state index in [1.807, 2.05) is 47.4 Å². The van der Waals surface area contributed by atoms with Gasteiger partial charge in [0.25, 0.3) is 11.8 Å². The monoisotopic (exact) mass is 513 g/mol. The first-order chi connectivity index (χ1) is 18.1. The normalized spacial score (nSPS) is 17.6. The topological polar surface area (TPSA) is 62.3 Å². The molecule has 7 heteroatoms. The van der Waals surface area contributed by atoms with E-state index in [9.17, 15) is 14.0 Å². The molecule has 4 aromatic rings. The number of likely N-dealkylation sites (tertiary alicyclic amines) is 1. The van der Waals surface area contributed by atoms with Crippen LogP contribution in [0.4, 0.5) is 4.39 Å². The molecule has 2 fully saturated rings. The highest BCUT2D eigenvalue weighted by atomic mass is 32.1. The van der Waals surface area contributed by atoms with Gasteiger partial charge in [-0.25, -0.2) is 9.37 Å². The minimum atomic E-state index is -0.347. The first kappa shape index (κ1) is 23.8. The Morgan fingerprint density at radius 3 is 2.59 bits per heavy atom. The summed E-state index contributed by atoms with van der Waals surface area (Å²) in [5.74, 6) is -0.300. The van der Waals surface area contributed by atoms with Gasteiger partial charge in [-0.1, -0.05) is 54.6 Å². The van der Waals surface area contributed by atoms with Gasteiger partial charge in [-0.2, -0.15) is 0 Å². The van der Waals surface area contributed by atoms with Crippen molar-refractivity contribution in [1.29, 1.82) is 0 Å². The molecule has 0 unspecified atom stereocenters. The maximum Gasteiger partial charge on any atom is 0.274 e. The van der Waals surface area contributed by atoms with Crippen LogP contribution in [0.1, 0.15) is 63.9 Å².